The molecule has 5 heteroatoms. The first-order chi connectivity index (χ1) is 13.3. The van der Waals surface area contributed by atoms with E-state index < -0.39 is 0 Å². The summed E-state index contributed by atoms with van der Waals surface area (Å²) in [6.07, 6.45) is 16.3. The predicted molar refractivity (Wildman–Crippen MR) is 114 cm³/mol. The Morgan fingerprint density at radius 1 is 0.857 bits per heavy atom. The smallest absolute Gasteiger partial charge is 1.00 e. The van der Waals surface area contributed by atoms with Crippen LogP contribution in [0.15, 0.2) is 24.3 Å². The van der Waals surface area contributed by atoms with Gasteiger partial charge in [-0.3, -0.25) is 0 Å². The number of hydrogen-bond acceptors (Lipinski definition) is 4. The van der Waals surface area contributed by atoms with Crippen LogP contribution >= 0.6 is 0 Å². The van der Waals surface area contributed by atoms with Gasteiger partial charge in [-0.1, -0.05) is 96.6 Å². The zero-order valence-electron chi connectivity index (χ0n) is 19.4. The molecule has 0 unspecified atom stereocenters. The van der Waals surface area contributed by atoms with E-state index in [0.29, 0.717) is 18.7 Å². The van der Waals surface area contributed by atoms with E-state index in [9.17, 15) is 4.79 Å². The molecule has 0 aromatic heterocycles. The van der Waals surface area contributed by atoms with E-state index in [4.69, 9.17) is 9.57 Å². The van der Waals surface area contributed by atoms with E-state index in [2.05, 4.69) is 12.4 Å². The van der Waals surface area contributed by atoms with Crippen molar-refractivity contribution in [2.45, 2.75) is 97.3 Å². The van der Waals surface area contributed by atoms with Crippen LogP contribution in [0.2, 0.25) is 0 Å². The molecule has 0 saturated carbocycles. The molecule has 4 nitrogen and oxygen atoms in total. The predicted octanol–water partition coefficient (Wildman–Crippen LogP) is 4.16. The second-order valence-electron chi connectivity index (χ2n) is 7.16. The second-order valence-corrected chi connectivity index (χ2v) is 7.16. The van der Waals surface area contributed by atoms with Crippen LogP contribution < -0.4 is 39.8 Å². The number of nitrogens with one attached hydrogen (secondary N) is 1. The third kappa shape index (κ3) is 14.3. The van der Waals surface area contributed by atoms with Gasteiger partial charge in [-0.15, -0.1) is 0 Å². The minimum Gasteiger partial charge on any atom is -1.00 e. The van der Waals surface area contributed by atoms with E-state index >= 15 is 0 Å². The molecule has 28 heavy (non-hydrogen) atoms. The van der Waals surface area contributed by atoms with Gasteiger partial charge in [-0.25, -0.2) is 10.3 Å². The van der Waals surface area contributed by atoms with Crippen LogP contribution in [0.1, 0.15) is 98.7 Å². The van der Waals surface area contributed by atoms with Gasteiger partial charge in [0.15, 0.2) is 0 Å². The van der Waals surface area contributed by atoms with Crippen molar-refractivity contribution in [3.63, 3.8) is 0 Å². The monoisotopic (exact) mass is 401 g/mol. The average molecular weight is 402 g/mol. The number of benzene rings is 1. The molecule has 1 rings (SSSR count). The molecular formula is C23H40NNaO3. The molecule has 0 spiro atoms. The van der Waals surface area contributed by atoms with Crippen LogP contribution in [0.5, 0.6) is 5.75 Å². The number of hydrogen-bond donors (Lipinski definition) is 1. The Labute approximate surface area is 195 Å². The molecule has 0 aliphatic heterocycles. The summed E-state index contributed by atoms with van der Waals surface area (Å²) in [6.45, 7) is 4.72. The van der Waals surface area contributed by atoms with Crippen LogP contribution in [0.4, 0.5) is 5.69 Å². The number of para-hydroxylation sites is 2. The van der Waals surface area contributed by atoms with Crippen LogP contribution in [0, 0.1) is 0 Å². The van der Waals surface area contributed by atoms with Crippen LogP contribution in [-0.2, 0) is 9.63 Å². The van der Waals surface area contributed by atoms with E-state index in [1.807, 2.05) is 24.3 Å². The Balaban J connectivity index is 0. The number of carbonyl (C=O) groups excluding carboxylic acids is 1. The van der Waals surface area contributed by atoms with Crippen molar-refractivity contribution in [2.75, 3.05) is 12.1 Å². The first-order valence-electron chi connectivity index (χ1n) is 11.0. The zero-order chi connectivity index (χ0) is 19.6. The van der Waals surface area contributed by atoms with Gasteiger partial charge in [0.1, 0.15) is 11.4 Å². The van der Waals surface area contributed by atoms with Crippen LogP contribution in [0.3, 0.4) is 0 Å². The maximum Gasteiger partial charge on any atom is 1.00 e. The maximum atomic E-state index is 11.3. The molecule has 0 atom stereocenters. The van der Waals surface area contributed by atoms with E-state index in [0.717, 1.165) is 12.2 Å². The Hall–Kier alpha value is -0.710. The zero-order valence-corrected chi connectivity index (χ0v) is 20.4. The number of unbranched alkanes of at least 4 members (excludes halogenated alkanes) is 11. The SMILES string of the molecule is CCCCCCCCCCCCCCOc1ccccc1NOC(=O)CC.[H-].[Na+]. The molecule has 156 valence electrons. The largest absolute Gasteiger partial charge is 1.00 e. The first kappa shape index (κ1) is 27.3. The van der Waals surface area contributed by atoms with Crippen molar-refractivity contribution in [1.29, 1.82) is 0 Å². The van der Waals surface area contributed by atoms with Crippen molar-refractivity contribution in [3.05, 3.63) is 24.3 Å². The Morgan fingerprint density at radius 2 is 1.39 bits per heavy atom. The molecule has 0 bridgehead atoms. The van der Waals surface area contributed by atoms with Gasteiger partial charge in [-0.05, 0) is 18.6 Å². The molecule has 0 radical (unpaired) electrons. The third-order valence-corrected chi connectivity index (χ3v) is 4.71. The molecule has 0 amide bonds. The van der Waals surface area contributed by atoms with Crippen molar-refractivity contribution in [1.82, 2.24) is 0 Å². The van der Waals surface area contributed by atoms with E-state index in [-0.39, 0.29) is 37.0 Å². The van der Waals surface area contributed by atoms with Gasteiger partial charge in [-0.2, -0.15) is 0 Å². The van der Waals surface area contributed by atoms with Gasteiger partial charge in [0.25, 0.3) is 0 Å². The van der Waals surface area contributed by atoms with Crippen molar-refractivity contribution in [2.24, 2.45) is 0 Å². The summed E-state index contributed by atoms with van der Waals surface area (Å²) in [4.78, 5) is 16.2. The number of anilines is 1. The Morgan fingerprint density at radius 3 is 1.96 bits per heavy atom. The summed E-state index contributed by atoms with van der Waals surface area (Å²) in [7, 11) is 0. The molecule has 0 heterocycles. The van der Waals surface area contributed by atoms with Gasteiger partial charge < -0.3 is 11.0 Å². The fourth-order valence-corrected chi connectivity index (χ4v) is 2.99. The van der Waals surface area contributed by atoms with Crippen molar-refractivity contribution < 1.29 is 45.4 Å². The maximum absolute atomic E-state index is 11.3. The summed E-state index contributed by atoms with van der Waals surface area (Å²) in [5, 5.41) is 0. The van der Waals surface area contributed by atoms with Crippen molar-refractivity contribution in [3.8, 4) is 5.75 Å². The number of carbonyl (C=O) groups is 1. The molecule has 1 aromatic carbocycles. The Kier molecular flexibility index (Phi) is 19.1. The van der Waals surface area contributed by atoms with E-state index in [1.54, 1.807) is 6.92 Å². The number of ether oxygens (including phenoxy) is 1. The average Bonchev–Trinajstić information content (AvgIpc) is 2.70. The molecular weight excluding hydrogens is 361 g/mol. The standard InChI is InChI=1S/C23H39NO3.Na.H/c1-3-5-6-7-8-9-10-11-12-13-14-17-20-26-22-19-16-15-18-21(22)24-27-23(25)4-2;;/h15-16,18-19,24H,3-14,17,20H2,1-2H3;;/q;+1;-1. The summed E-state index contributed by atoms with van der Waals surface area (Å²) in [6, 6.07) is 7.55. The summed E-state index contributed by atoms with van der Waals surface area (Å²) >= 11 is 0. The van der Waals surface area contributed by atoms with Gasteiger partial charge in [0.05, 0.1) is 6.61 Å². The van der Waals surface area contributed by atoms with Gasteiger partial charge in [0.2, 0.25) is 0 Å². The minimum absolute atomic E-state index is 0. The first-order valence-corrected chi connectivity index (χ1v) is 11.0. The molecule has 0 aliphatic rings. The quantitative estimate of drug-likeness (QED) is 0.242. The molecule has 0 aliphatic carbocycles. The summed E-state index contributed by atoms with van der Waals surface area (Å²) in [5.41, 5.74) is 3.38. The fourth-order valence-electron chi connectivity index (χ4n) is 2.99. The van der Waals surface area contributed by atoms with Crippen molar-refractivity contribution >= 4 is 11.7 Å². The topological polar surface area (TPSA) is 47.6 Å². The second kappa shape index (κ2) is 19.6. The fraction of sp³-hybridized carbons (Fsp3) is 0.696. The van der Waals surface area contributed by atoms with E-state index in [1.165, 1.54) is 70.6 Å². The van der Waals surface area contributed by atoms with Crippen LogP contribution in [0.25, 0.3) is 0 Å². The molecule has 1 aromatic rings. The third-order valence-electron chi connectivity index (χ3n) is 4.71. The number of rotatable bonds is 17. The Bertz CT molecular complexity index is 503. The van der Waals surface area contributed by atoms with Crippen LogP contribution in [-0.4, -0.2) is 12.6 Å². The molecule has 0 saturated heterocycles. The molecule has 0 fully saturated rings. The summed E-state index contributed by atoms with van der Waals surface area (Å²) in [5.74, 6) is 0.440. The van der Waals surface area contributed by atoms with Gasteiger partial charge in [0, 0.05) is 6.42 Å². The minimum atomic E-state index is -0.286. The van der Waals surface area contributed by atoms with Gasteiger partial charge >= 0.3 is 35.5 Å². The summed E-state index contributed by atoms with van der Waals surface area (Å²) < 4.78 is 5.84. The molecule has 1 N–H and O–H groups in total. The normalized spacial score (nSPS) is 10.2.